The second-order valence-corrected chi connectivity index (χ2v) is 5.00. The Morgan fingerprint density at radius 3 is 2.58 bits per heavy atom. The average molecular weight is 323 g/mol. The van der Waals surface area contributed by atoms with E-state index in [1.807, 2.05) is 0 Å². The van der Waals surface area contributed by atoms with Crippen LogP contribution in [-0.2, 0) is 0 Å². The minimum Gasteiger partial charge on any atom is -0.455 e. The van der Waals surface area contributed by atoms with Crippen molar-refractivity contribution in [3.05, 3.63) is 77.8 Å². The Morgan fingerprint density at radius 2 is 1.83 bits per heavy atom. The summed E-state index contributed by atoms with van der Waals surface area (Å²) in [7, 11) is 0. The summed E-state index contributed by atoms with van der Waals surface area (Å²) in [5.41, 5.74) is 9.58. The van der Waals surface area contributed by atoms with Gasteiger partial charge in [0, 0.05) is 11.3 Å². The van der Waals surface area contributed by atoms with Gasteiger partial charge in [-0.3, -0.25) is 4.79 Å². The van der Waals surface area contributed by atoms with Gasteiger partial charge in [-0.05, 0) is 48.5 Å². The second-order valence-electron chi connectivity index (χ2n) is 5.00. The van der Waals surface area contributed by atoms with Crippen LogP contribution in [0, 0.1) is 5.82 Å². The summed E-state index contributed by atoms with van der Waals surface area (Å²) in [6.45, 7) is 0. The van der Waals surface area contributed by atoms with Gasteiger partial charge in [0.05, 0.1) is 11.8 Å². The van der Waals surface area contributed by atoms with Crippen molar-refractivity contribution in [2.24, 2.45) is 5.10 Å². The van der Waals surface area contributed by atoms with Gasteiger partial charge < -0.3 is 10.2 Å². The first kappa shape index (κ1) is 15.5. The quantitative estimate of drug-likeness (QED) is 0.438. The maximum atomic E-state index is 12.9. The molecule has 3 aromatic rings. The molecule has 6 heteroatoms. The monoisotopic (exact) mass is 323 g/mol. The number of nitrogens with one attached hydrogen (secondary N) is 1. The highest BCUT2D eigenvalue weighted by molar-refractivity contribution is 5.99. The molecule has 0 unspecified atom stereocenters. The van der Waals surface area contributed by atoms with Crippen molar-refractivity contribution in [3.63, 3.8) is 0 Å². The summed E-state index contributed by atoms with van der Waals surface area (Å²) < 4.78 is 18.5. The molecule has 1 amide bonds. The fraction of sp³-hybridized carbons (Fsp3) is 0. The topological polar surface area (TPSA) is 80.6 Å². The average Bonchev–Trinajstić information content (AvgIpc) is 3.04. The maximum absolute atomic E-state index is 12.9. The zero-order chi connectivity index (χ0) is 16.9. The molecule has 0 saturated heterocycles. The Balaban J connectivity index is 1.66. The van der Waals surface area contributed by atoms with Crippen LogP contribution in [0.1, 0.15) is 16.1 Å². The van der Waals surface area contributed by atoms with Gasteiger partial charge in [-0.1, -0.05) is 12.1 Å². The zero-order valence-electron chi connectivity index (χ0n) is 12.6. The van der Waals surface area contributed by atoms with E-state index < -0.39 is 5.91 Å². The van der Waals surface area contributed by atoms with E-state index in [1.54, 1.807) is 48.5 Å². The van der Waals surface area contributed by atoms with E-state index in [-0.39, 0.29) is 5.82 Å². The molecule has 0 bridgehead atoms. The number of nitrogens with zero attached hydrogens (tertiary/aromatic N) is 1. The van der Waals surface area contributed by atoms with Crippen molar-refractivity contribution in [1.29, 1.82) is 0 Å². The molecule has 0 radical (unpaired) electrons. The smallest absolute Gasteiger partial charge is 0.273 e. The van der Waals surface area contributed by atoms with E-state index in [2.05, 4.69) is 10.5 Å². The summed E-state index contributed by atoms with van der Waals surface area (Å²) in [6.07, 6.45) is 1.38. The molecule has 0 fully saturated rings. The van der Waals surface area contributed by atoms with E-state index in [4.69, 9.17) is 10.2 Å². The molecule has 0 aliphatic rings. The SMILES string of the molecule is Nc1ccccc1C(=O)N/N=C/c1ccc(-c2ccc(F)cc2)o1. The Morgan fingerprint density at radius 1 is 1.08 bits per heavy atom. The number of rotatable bonds is 4. The van der Waals surface area contributed by atoms with Gasteiger partial charge in [-0.2, -0.15) is 5.10 Å². The number of amides is 1. The molecule has 0 aliphatic heterocycles. The van der Waals surface area contributed by atoms with Crippen LogP contribution in [0.15, 0.2) is 70.2 Å². The third-order valence-electron chi connectivity index (χ3n) is 3.32. The number of hydrogen-bond donors (Lipinski definition) is 2. The molecule has 0 saturated carbocycles. The summed E-state index contributed by atoms with van der Waals surface area (Å²) in [6, 6.07) is 16.1. The molecule has 5 nitrogen and oxygen atoms in total. The summed E-state index contributed by atoms with van der Waals surface area (Å²) >= 11 is 0. The largest absolute Gasteiger partial charge is 0.455 e. The summed E-state index contributed by atoms with van der Waals surface area (Å²) in [5, 5.41) is 3.85. The number of anilines is 1. The van der Waals surface area contributed by atoms with Gasteiger partial charge in [-0.15, -0.1) is 0 Å². The third-order valence-corrected chi connectivity index (χ3v) is 3.32. The van der Waals surface area contributed by atoms with Crippen LogP contribution in [0.5, 0.6) is 0 Å². The van der Waals surface area contributed by atoms with Crippen LogP contribution in [0.3, 0.4) is 0 Å². The predicted octanol–water partition coefficient (Wildman–Crippen LogP) is 3.43. The number of halogens is 1. The highest BCUT2D eigenvalue weighted by Crippen LogP contribution is 2.21. The standard InChI is InChI=1S/C18H14FN3O2/c19-13-7-5-12(6-8-13)17-10-9-14(24-17)11-21-22-18(23)15-3-1-2-4-16(15)20/h1-11H,20H2,(H,22,23)/b21-11+. The minimum atomic E-state index is -0.408. The lowest BCUT2D eigenvalue weighted by Crippen LogP contribution is -2.18. The van der Waals surface area contributed by atoms with Gasteiger partial charge in [0.2, 0.25) is 0 Å². The molecule has 1 heterocycles. The van der Waals surface area contributed by atoms with Crippen LogP contribution in [0.2, 0.25) is 0 Å². The lowest BCUT2D eigenvalue weighted by Gasteiger charge is -2.02. The number of nitrogen functional groups attached to an aromatic ring is 1. The van der Waals surface area contributed by atoms with Crippen molar-refractivity contribution in [2.45, 2.75) is 0 Å². The summed E-state index contributed by atoms with van der Waals surface area (Å²) in [5.74, 6) is 0.315. The molecule has 3 N–H and O–H groups in total. The first-order chi connectivity index (χ1) is 11.6. The fourth-order valence-corrected chi connectivity index (χ4v) is 2.11. The number of furan rings is 1. The van der Waals surface area contributed by atoms with Gasteiger partial charge in [0.15, 0.2) is 0 Å². The Bertz CT molecular complexity index is 885. The van der Waals surface area contributed by atoms with Gasteiger partial charge in [0.1, 0.15) is 17.3 Å². The zero-order valence-corrected chi connectivity index (χ0v) is 12.6. The Hall–Kier alpha value is -3.41. The molecule has 3 rings (SSSR count). The Kier molecular flexibility index (Phi) is 4.38. The number of hydrazone groups is 1. The van der Waals surface area contributed by atoms with Crippen LogP contribution in [0.4, 0.5) is 10.1 Å². The van der Waals surface area contributed by atoms with Crippen LogP contribution >= 0.6 is 0 Å². The molecule has 120 valence electrons. The molecule has 0 aliphatic carbocycles. The molecular formula is C18H14FN3O2. The first-order valence-electron chi connectivity index (χ1n) is 7.17. The predicted molar refractivity (Wildman–Crippen MR) is 90.0 cm³/mol. The van der Waals surface area contributed by atoms with Gasteiger partial charge >= 0.3 is 0 Å². The van der Waals surface area contributed by atoms with Crippen molar-refractivity contribution < 1.29 is 13.6 Å². The van der Waals surface area contributed by atoms with Crippen LogP contribution < -0.4 is 11.2 Å². The highest BCUT2D eigenvalue weighted by Gasteiger charge is 2.07. The van der Waals surface area contributed by atoms with Crippen molar-refractivity contribution in [1.82, 2.24) is 5.43 Å². The Labute approximate surface area is 137 Å². The van der Waals surface area contributed by atoms with Crippen molar-refractivity contribution in [2.75, 3.05) is 5.73 Å². The van der Waals surface area contributed by atoms with E-state index in [1.165, 1.54) is 18.3 Å². The second kappa shape index (κ2) is 6.78. The number of nitrogens with two attached hydrogens (primary N) is 1. The van der Waals surface area contributed by atoms with Crippen LogP contribution in [0.25, 0.3) is 11.3 Å². The van der Waals surface area contributed by atoms with Crippen molar-refractivity contribution >= 4 is 17.8 Å². The molecule has 0 atom stereocenters. The number of benzene rings is 2. The van der Waals surface area contributed by atoms with Crippen molar-refractivity contribution in [3.8, 4) is 11.3 Å². The third kappa shape index (κ3) is 3.49. The van der Waals surface area contributed by atoms with Gasteiger partial charge in [0.25, 0.3) is 5.91 Å². The fourth-order valence-electron chi connectivity index (χ4n) is 2.11. The molecule has 2 aromatic carbocycles. The van der Waals surface area contributed by atoms with Crippen LogP contribution in [-0.4, -0.2) is 12.1 Å². The lowest BCUT2D eigenvalue weighted by molar-refractivity contribution is 0.0956. The lowest BCUT2D eigenvalue weighted by atomic mass is 10.2. The minimum absolute atomic E-state index is 0.310. The van der Waals surface area contributed by atoms with Gasteiger partial charge in [-0.25, -0.2) is 9.82 Å². The van der Waals surface area contributed by atoms with E-state index in [0.29, 0.717) is 22.8 Å². The molecule has 1 aromatic heterocycles. The molecular weight excluding hydrogens is 309 g/mol. The first-order valence-corrected chi connectivity index (χ1v) is 7.17. The summed E-state index contributed by atoms with van der Waals surface area (Å²) in [4.78, 5) is 11.9. The molecule has 0 spiro atoms. The van der Waals surface area contributed by atoms with E-state index in [0.717, 1.165) is 5.56 Å². The van der Waals surface area contributed by atoms with E-state index >= 15 is 0 Å². The normalized spacial score (nSPS) is 10.9. The maximum Gasteiger partial charge on any atom is 0.273 e. The highest BCUT2D eigenvalue weighted by atomic mass is 19.1. The number of carbonyl (C=O) groups is 1. The number of hydrogen-bond acceptors (Lipinski definition) is 4. The van der Waals surface area contributed by atoms with E-state index in [9.17, 15) is 9.18 Å². The molecule has 24 heavy (non-hydrogen) atoms. The number of carbonyl (C=O) groups excluding carboxylic acids is 1. The number of para-hydroxylation sites is 1.